The number of halogens is 1. The standard InChI is InChI=1S/C9H10ClN3O3/c1-16-9(15)13-12-8(14)6-4-5(10)2-3-7(6)11/h2-4H,11H2,1H3,(H,12,14)(H,13,15). The van der Waals surface area contributed by atoms with Gasteiger partial charge in [-0.1, -0.05) is 11.6 Å². The van der Waals surface area contributed by atoms with E-state index in [1.54, 1.807) is 6.07 Å². The number of hydrogen-bond donors (Lipinski definition) is 3. The SMILES string of the molecule is COC(=O)NNC(=O)c1cc(Cl)ccc1N. The van der Waals surface area contributed by atoms with Crippen molar-refractivity contribution in [2.45, 2.75) is 0 Å². The number of hydrazine groups is 1. The van der Waals surface area contributed by atoms with Gasteiger partial charge in [0.05, 0.1) is 12.7 Å². The highest BCUT2D eigenvalue weighted by Crippen LogP contribution is 2.17. The van der Waals surface area contributed by atoms with Crippen LogP contribution >= 0.6 is 11.6 Å². The van der Waals surface area contributed by atoms with E-state index in [4.69, 9.17) is 17.3 Å². The van der Waals surface area contributed by atoms with Crippen LogP contribution in [0.4, 0.5) is 10.5 Å². The highest BCUT2D eigenvalue weighted by molar-refractivity contribution is 6.31. The fraction of sp³-hybridized carbons (Fsp3) is 0.111. The summed E-state index contributed by atoms with van der Waals surface area (Å²) in [6.45, 7) is 0. The zero-order valence-corrected chi connectivity index (χ0v) is 9.17. The van der Waals surface area contributed by atoms with Crippen LogP contribution in [0.2, 0.25) is 5.02 Å². The largest absolute Gasteiger partial charge is 0.452 e. The number of carbonyl (C=O) groups is 2. The first-order valence-corrected chi connectivity index (χ1v) is 4.61. The van der Waals surface area contributed by atoms with Crippen molar-refractivity contribution in [3.05, 3.63) is 28.8 Å². The molecule has 0 aromatic heterocycles. The number of ether oxygens (including phenoxy) is 1. The van der Waals surface area contributed by atoms with Crippen LogP contribution < -0.4 is 16.6 Å². The molecule has 86 valence electrons. The molecular formula is C9H10ClN3O3. The molecule has 0 aliphatic carbocycles. The lowest BCUT2D eigenvalue weighted by molar-refractivity contribution is 0.0921. The van der Waals surface area contributed by atoms with Gasteiger partial charge in [-0.15, -0.1) is 0 Å². The van der Waals surface area contributed by atoms with Gasteiger partial charge in [0.1, 0.15) is 0 Å². The average molecular weight is 244 g/mol. The Morgan fingerprint density at radius 3 is 2.69 bits per heavy atom. The van der Waals surface area contributed by atoms with Crippen molar-refractivity contribution in [2.24, 2.45) is 0 Å². The molecule has 0 atom stereocenters. The van der Waals surface area contributed by atoms with Gasteiger partial charge in [-0.2, -0.15) is 0 Å². The fourth-order valence-electron chi connectivity index (χ4n) is 0.951. The van der Waals surface area contributed by atoms with E-state index in [1.807, 2.05) is 5.43 Å². The molecule has 0 bridgehead atoms. The number of amides is 2. The summed E-state index contributed by atoms with van der Waals surface area (Å²) in [5.41, 5.74) is 10.1. The minimum absolute atomic E-state index is 0.170. The maximum atomic E-state index is 11.5. The molecule has 1 aromatic rings. The van der Waals surface area contributed by atoms with Crippen molar-refractivity contribution in [2.75, 3.05) is 12.8 Å². The van der Waals surface area contributed by atoms with Crippen LogP contribution in [0, 0.1) is 0 Å². The highest BCUT2D eigenvalue weighted by atomic mass is 35.5. The summed E-state index contributed by atoms with van der Waals surface area (Å²) in [4.78, 5) is 22.2. The minimum atomic E-state index is -0.783. The quantitative estimate of drug-likeness (QED) is 0.505. The summed E-state index contributed by atoms with van der Waals surface area (Å²) in [6.07, 6.45) is -0.783. The van der Waals surface area contributed by atoms with E-state index >= 15 is 0 Å². The zero-order valence-electron chi connectivity index (χ0n) is 8.41. The third kappa shape index (κ3) is 3.03. The molecule has 7 heteroatoms. The van der Waals surface area contributed by atoms with Crippen LogP contribution in [0.25, 0.3) is 0 Å². The van der Waals surface area contributed by atoms with Gasteiger partial charge in [-0.3, -0.25) is 10.2 Å². The van der Waals surface area contributed by atoms with Crippen molar-refractivity contribution in [3.8, 4) is 0 Å². The number of hydrogen-bond acceptors (Lipinski definition) is 4. The molecule has 0 spiro atoms. The van der Waals surface area contributed by atoms with Gasteiger partial charge in [0, 0.05) is 10.7 Å². The van der Waals surface area contributed by atoms with Gasteiger partial charge in [0.15, 0.2) is 0 Å². The number of methoxy groups -OCH3 is 1. The average Bonchev–Trinajstić information content (AvgIpc) is 2.28. The van der Waals surface area contributed by atoms with Crippen molar-refractivity contribution in [1.29, 1.82) is 0 Å². The summed E-state index contributed by atoms with van der Waals surface area (Å²) in [5.74, 6) is -0.578. The van der Waals surface area contributed by atoms with Crippen LogP contribution in [-0.4, -0.2) is 19.1 Å². The number of nitrogens with two attached hydrogens (primary N) is 1. The van der Waals surface area contributed by atoms with E-state index in [0.717, 1.165) is 0 Å². The Bertz CT molecular complexity index is 422. The van der Waals surface area contributed by atoms with Crippen molar-refractivity contribution >= 4 is 29.3 Å². The van der Waals surface area contributed by atoms with Crippen molar-refractivity contribution < 1.29 is 14.3 Å². The molecule has 1 aromatic carbocycles. The summed E-state index contributed by atoms with van der Waals surface area (Å²) in [7, 11) is 1.18. The van der Waals surface area contributed by atoms with E-state index in [1.165, 1.54) is 19.2 Å². The third-order valence-electron chi connectivity index (χ3n) is 1.72. The van der Waals surface area contributed by atoms with Crippen LogP contribution in [0.5, 0.6) is 0 Å². The zero-order chi connectivity index (χ0) is 12.1. The Labute approximate surface area is 96.7 Å². The molecule has 0 radical (unpaired) electrons. The van der Waals surface area contributed by atoms with Crippen LogP contribution in [-0.2, 0) is 4.74 Å². The first-order valence-electron chi connectivity index (χ1n) is 4.24. The van der Waals surface area contributed by atoms with Gasteiger partial charge in [0.2, 0.25) is 0 Å². The second-order valence-electron chi connectivity index (χ2n) is 2.80. The Kier molecular flexibility index (Phi) is 3.96. The number of nitrogens with one attached hydrogen (secondary N) is 2. The van der Waals surface area contributed by atoms with Gasteiger partial charge in [-0.25, -0.2) is 10.2 Å². The van der Waals surface area contributed by atoms with Crippen LogP contribution in [0.1, 0.15) is 10.4 Å². The van der Waals surface area contributed by atoms with Gasteiger partial charge in [0.25, 0.3) is 5.91 Å². The molecule has 0 fully saturated rings. The molecule has 6 nitrogen and oxygen atoms in total. The van der Waals surface area contributed by atoms with Crippen molar-refractivity contribution in [3.63, 3.8) is 0 Å². The maximum Gasteiger partial charge on any atom is 0.425 e. The first kappa shape index (κ1) is 12.1. The topological polar surface area (TPSA) is 93.5 Å². The van der Waals surface area contributed by atoms with E-state index in [0.29, 0.717) is 5.02 Å². The highest BCUT2D eigenvalue weighted by Gasteiger charge is 2.11. The first-order chi connectivity index (χ1) is 7.54. The molecule has 0 aliphatic heterocycles. The van der Waals surface area contributed by atoms with Crippen LogP contribution in [0.15, 0.2) is 18.2 Å². The fourth-order valence-corrected chi connectivity index (χ4v) is 1.12. The molecule has 0 aliphatic rings. The predicted molar refractivity (Wildman–Crippen MR) is 58.9 cm³/mol. The van der Waals surface area contributed by atoms with E-state index in [9.17, 15) is 9.59 Å². The molecule has 2 amide bonds. The molecule has 16 heavy (non-hydrogen) atoms. The summed E-state index contributed by atoms with van der Waals surface area (Å²) >= 11 is 5.70. The number of carbonyl (C=O) groups excluding carboxylic acids is 2. The molecule has 0 saturated heterocycles. The summed E-state index contributed by atoms with van der Waals surface area (Å²) in [6, 6.07) is 4.45. The van der Waals surface area contributed by atoms with Crippen molar-refractivity contribution in [1.82, 2.24) is 10.9 Å². The Hall–Kier alpha value is -1.95. The van der Waals surface area contributed by atoms with E-state index in [2.05, 4.69) is 10.2 Å². The summed E-state index contributed by atoms with van der Waals surface area (Å²) in [5, 5.41) is 0.373. The number of benzene rings is 1. The number of anilines is 1. The summed E-state index contributed by atoms with van der Waals surface area (Å²) < 4.78 is 4.27. The monoisotopic (exact) mass is 243 g/mol. The van der Waals surface area contributed by atoms with Crippen LogP contribution in [0.3, 0.4) is 0 Å². The number of nitrogen functional groups attached to an aromatic ring is 1. The Morgan fingerprint density at radius 2 is 2.06 bits per heavy atom. The third-order valence-corrected chi connectivity index (χ3v) is 1.96. The molecule has 4 N–H and O–H groups in total. The Morgan fingerprint density at radius 1 is 1.38 bits per heavy atom. The molecule has 1 rings (SSSR count). The molecule has 0 unspecified atom stereocenters. The maximum absolute atomic E-state index is 11.5. The molecule has 0 heterocycles. The smallest absolute Gasteiger partial charge is 0.425 e. The minimum Gasteiger partial charge on any atom is -0.452 e. The van der Waals surface area contributed by atoms with E-state index < -0.39 is 12.0 Å². The molecule has 0 saturated carbocycles. The van der Waals surface area contributed by atoms with Gasteiger partial charge >= 0.3 is 6.09 Å². The second kappa shape index (κ2) is 5.22. The normalized spacial score (nSPS) is 9.38. The second-order valence-corrected chi connectivity index (χ2v) is 3.24. The lowest BCUT2D eigenvalue weighted by Crippen LogP contribution is -2.41. The van der Waals surface area contributed by atoms with E-state index in [-0.39, 0.29) is 11.3 Å². The number of rotatable bonds is 1. The van der Waals surface area contributed by atoms with Gasteiger partial charge in [-0.05, 0) is 18.2 Å². The lowest BCUT2D eigenvalue weighted by Gasteiger charge is -2.08. The predicted octanol–water partition coefficient (Wildman–Crippen LogP) is 0.923. The van der Waals surface area contributed by atoms with Gasteiger partial charge < -0.3 is 10.5 Å². The lowest BCUT2D eigenvalue weighted by atomic mass is 10.2. The molecular weight excluding hydrogens is 234 g/mol. The Balaban J connectivity index is 2.73.